The normalized spacial score (nSPS) is 12.0. The van der Waals surface area contributed by atoms with E-state index in [1.54, 1.807) is 6.08 Å². The lowest BCUT2D eigenvalue weighted by Crippen LogP contribution is -2.25. The second-order valence-electron chi connectivity index (χ2n) is 8.16. The minimum absolute atomic E-state index is 0.226. The molecular weight excluding hydrogens is 410 g/mol. The van der Waals surface area contributed by atoms with Gasteiger partial charge < -0.3 is 19.4 Å². The predicted octanol–water partition coefficient (Wildman–Crippen LogP) is 4.77. The number of nitrogens with one attached hydrogen (secondary N) is 1. The van der Waals surface area contributed by atoms with Crippen LogP contribution in [-0.4, -0.2) is 46.8 Å². The van der Waals surface area contributed by atoms with Crippen LogP contribution in [0.2, 0.25) is 0 Å². The standard InChI is InChI=1S/C24H31N3O3S/c1-5-19-11-12-22-21(15-19)26-23(27(22)18-29-13-14-31(2,3)4)16-25-24(28)30-17-20-9-7-6-8-10-20/h5-12,15H,1,13-14,16-18H2,2-4H3,(H,25,28). The first-order valence-electron chi connectivity index (χ1n) is 10.2. The van der Waals surface area contributed by atoms with Crippen LogP contribution in [0.3, 0.4) is 0 Å². The van der Waals surface area contributed by atoms with Crippen LogP contribution in [0.25, 0.3) is 17.1 Å². The van der Waals surface area contributed by atoms with E-state index in [1.165, 1.54) is 0 Å². The maximum absolute atomic E-state index is 12.2. The maximum atomic E-state index is 12.2. The van der Waals surface area contributed by atoms with Gasteiger partial charge >= 0.3 is 6.09 Å². The third-order valence-corrected chi connectivity index (χ3v) is 6.14. The minimum Gasteiger partial charge on any atom is -0.445 e. The summed E-state index contributed by atoms with van der Waals surface area (Å²) in [4.78, 5) is 16.9. The number of benzene rings is 2. The number of amides is 1. The Hall–Kier alpha value is -2.77. The number of hydrogen-bond donors (Lipinski definition) is 1. The molecule has 1 heterocycles. The molecule has 0 aliphatic rings. The average molecular weight is 442 g/mol. The summed E-state index contributed by atoms with van der Waals surface area (Å²) in [7, 11) is -0.612. The molecule has 2 aromatic carbocycles. The summed E-state index contributed by atoms with van der Waals surface area (Å²) < 4.78 is 13.3. The smallest absolute Gasteiger partial charge is 0.407 e. The molecule has 0 bridgehead atoms. The first-order valence-corrected chi connectivity index (χ1v) is 13.2. The van der Waals surface area contributed by atoms with Gasteiger partial charge in [-0.05, 0) is 42.0 Å². The second-order valence-corrected chi connectivity index (χ2v) is 12.7. The van der Waals surface area contributed by atoms with E-state index in [0.29, 0.717) is 13.3 Å². The van der Waals surface area contributed by atoms with Crippen molar-refractivity contribution >= 4 is 33.2 Å². The first-order chi connectivity index (χ1) is 14.9. The van der Waals surface area contributed by atoms with Crippen LogP contribution in [0.4, 0.5) is 4.79 Å². The molecule has 1 aromatic heterocycles. The minimum atomic E-state index is -0.612. The zero-order valence-electron chi connectivity index (χ0n) is 18.5. The Balaban J connectivity index is 1.67. The van der Waals surface area contributed by atoms with E-state index < -0.39 is 16.1 Å². The number of fused-ring (bicyclic) bond motifs is 1. The number of carbonyl (C=O) groups excluding carboxylic acids is 1. The fraction of sp³-hybridized carbons (Fsp3) is 0.333. The van der Waals surface area contributed by atoms with Crippen molar-refractivity contribution in [3.05, 3.63) is 72.1 Å². The highest BCUT2D eigenvalue weighted by Gasteiger charge is 2.13. The van der Waals surface area contributed by atoms with Crippen LogP contribution in [0.1, 0.15) is 17.0 Å². The van der Waals surface area contributed by atoms with Gasteiger partial charge in [0.25, 0.3) is 0 Å². The maximum Gasteiger partial charge on any atom is 0.407 e. The fourth-order valence-electron chi connectivity index (χ4n) is 2.99. The van der Waals surface area contributed by atoms with Gasteiger partial charge in [0.1, 0.15) is 19.2 Å². The Labute approximate surface area is 185 Å². The van der Waals surface area contributed by atoms with E-state index in [9.17, 15) is 4.79 Å². The summed E-state index contributed by atoms with van der Waals surface area (Å²) in [5.74, 6) is 1.76. The largest absolute Gasteiger partial charge is 0.445 e. The summed E-state index contributed by atoms with van der Waals surface area (Å²) in [6.07, 6.45) is 8.13. The molecule has 0 radical (unpaired) electrons. The predicted molar refractivity (Wildman–Crippen MR) is 129 cm³/mol. The molecule has 0 saturated carbocycles. The monoisotopic (exact) mass is 441 g/mol. The number of hydrogen-bond acceptors (Lipinski definition) is 4. The van der Waals surface area contributed by atoms with Crippen LogP contribution in [0.15, 0.2) is 55.1 Å². The zero-order valence-corrected chi connectivity index (χ0v) is 19.3. The van der Waals surface area contributed by atoms with Gasteiger partial charge in [-0.3, -0.25) is 0 Å². The molecule has 166 valence electrons. The summed E-state index contributed by atoms with van der Waals surface area (Å²) >= 11 is 0. The van der Waals surface area contributed by atoms with Crippen molar-refractivity contribution in [2.45, 2.75) is 19.9 Å². The van der Waals surface area contributed by atoms with Gasteiger partial charge in [-0.1, -0.05) is 49.1 Å². The van der Waals surface area contributed by atoms with Crippen LogP contribution in [-0.2, 0) is 29.4 Å². The summed E-state index contributed by atoms with van der Waals surface area (Å²) in [6, 6.07) is 15.6. The lowest BCUT2D eigenvalue weighted by atomic mass is 10.2. The molecule has 0 aliphatic heterocycles. The molecule has 0 unspecified atom stereocenters. The third kappa shape index (κ3) is 6.87. The number of imidazole rings is 1. The molecule has 6 nitrogen and oxygen atoms in total. The number of nitrogens with zero attached hydrogens (tertiary/aromatic N) is 2. The van der Waals surface area contributed by atoms with E-state index >= 15 is 0 Å². The van der Waals surface area contributed by atoms with E-state index in [0.717, 1.165) is 33.7 Å². The van der Waals surface area contributed by atoms with Gasteiger partial charge in [0.2, 0.25) is 0 Å². The average Bonchev–Trinajstić information content (AvgIpc) is 3.10. The molecule has 1 amide bonds. The summed E-state index contributed by atoms with van der Waals surface area (Å²) in [5, 5.41) is 2.80. The Morgan fingerprint density at radius 2 is 1.97 bits per heavy atom. The van der Waals surface area contributed by atoms with Gasteiger partial charge in [-0.25, -0.2) is 19.8 Å². The topological polar surface area (TPSA) is 65.4 Å². The van der Waals surface area contributed by atoms with Crippen molar-refractivity contribution in [1.82, 2.24) is 14.9 Å². The molecule has 1 N–H and O–H groups in total. The number of alkyl carbamates (subject to hydrolysis) is 1. The fourth-order valence-corrected chi connectivity index (χ4v) is 3.61. The Kier molecular flexibility index (Phi) is 7.76. The van der Waals surface area contributed by atoms with Crippen molar-refractivity contribution in [2.24, 2.45) is 0 Å². The van der Waals surface area contributed by atoms with Gasteiger partial charge in [-0.2, -0.15) is 0 Å². The molecule has 0 saturated heterocycles. The van der Waals surface area contributed by atoms with Crippen LogP contribution < -0.4 is 5.32 Å². The van der Waals surface area contributed by atoms with Crippen LogP contribution in [0, 0.1) is 0 Å². The number of carbonyl (C=O) groups is 1. The highest BCUT2D eigenvalue weighted by atomic mass is 32.3. The third-order valence-electron chi connectivity index (χ3n) is 4.75. The lowest BCUT2D eigenvalue weighted by molar-refractivity contribution is 0.0897. The molecule has 31 heavy (non-hydrogen) atoms. The molecule has 0 fully saturated rings. The van der Waals surface area contributed by atoms with Crippen molar-refractivity contribution in [3.63, 3.8) is 0 Å². The SMILES string of the molecule is C=Cc1ccc2c(c1)nc(CNC(=O)OCc1ccccc1)n2COCCS(C)(C)C. The molecule has 7 heteroatoms. The van der Waals surface area contributed by atoms with Gasteiger partial charge in [0.15, 0.2) is 0 Å². The summed E-state index contributed by atoms with van der Waals surface area (Å²) in [5.41, 5.74) is 3.74. The van der Waals surface area contributed by atoms with Crippen molar-refractivity contribution < 1.29 is 14.3 Å². The Morgan fingerprint density at radius 3 is 2.68 bits per heavy atom. The first kappa shape index (κ1) is 22.9. The number of rotatable bonds is 10. The van der Waals surface area contributed by atoms with Crippen LogP contribution in [0.5, 0.6) is 0 Å². The Morgan fingerprint density at radius 1 is 1.19 bits per heavy atom. The Bertz CT molecular complexity index is 1030. The highest BCUT2D eigenvalue weighted by Crippen LogP contribution is 2.33. The highest BCUT2D eigenvalue weighted by molar-refractivity contribution is 8.32. The van der Waals surface area contributed by atoms with E-state index in [4.69, 9.17) is 14.5 Å². The molecule has 0 atom stereocenters. The zero-order chi connectivity index (χ0) is 22.3. The second kappa shape index (κ2) is 10.5. The molecule has 0 aliphatic carbocycles. The number of aromatic nitrogens is 2. The van der Waals surface area contributed by atoms with Crippen molar-refractivity contribution in [3.8, 4) is 0 Å². The van der Waals surface area contributed by atoms with E-state index in [1.807, 2.05) is 53.1 Å². The molecular formula is C24H31N3O3S. The number of ether oxygens (including phenoxy) is 2. The lowest BCUT2D eigenvalue weighted by Gasteiger charge is -2.24. The van der Waals surface area contributed by atoms with Crippen LogP contribution >= 0.6 is 10.0 Å². The molecule has 3 aromatic rings. The van der Waals surface area contributed by atoms with Gasteiger partial charge in [-0.15, -0.1) is 0 Å². The van der Waals surface area contributed by atoms with E-state index in [-0.39, 0.29) is 13.2 Å². The van der Waals surface area contributed by atoms with Gasteiger partial charge in [0.05, 0.1) is 24.2 Å². The van der Waals surface area contributed by atoms with Crippen molar-refractivity contribution in [1.29, 1.82) is 0 Å². The van der Waals surface area contributed by atoms with Crippen molar-refractivity contribution in [2.75, 3.05) is 31.1 Å². The van der Waals surface area contributed by atoms with E-state index in [2.05, 4.69) is 30.7 Å². The molecule has 0 spiro atoms. The van der Waals surface area contributed by atoms with Gasteiger partial charge in [0, 0.05) is 5.75 Å². The molecule has 3 rings (SSSR count). The quantitative estimate of drug-likeness (QED) is 0.460. The summed E-state index contributed by atoms with van der Waals surface area (Å²) in [6.45, 7) is 5.38.